The van der Waals surface area contributed by atoms with Gasteiger partial charge in [0.25, 0.3) is 5.91 Å². The Labute approximate surface area is 181 Å². The molecule has 0 aliphatic carbocycles. The van der Waals surface area contributed by atoms with E-state index in [1.807, 2.05) is 30.3 Å². The largest absolute Gasteiger partial charge is 0.482 e. The molecule has 0 unspecified atom stereocenters. The van der Waals surface area contributed by atoms with Crippen molar-refractivity contribution in [3.8, 4) is 5.75 Å². The number of sulfonamides is 1. The zero-order chi connectivity index (χ0) is 21.8. The molecule has 0 atom stereocenters. The van der Waals surface area contributed by atoms with Gasteiger partial charge in [0, 0.05) is 19.6 Å². The number of ether oxygens (including phenoxy) is 1. The lowest BCUT2D eigenvalue weighted by Crippen LogP contribution is -2.45. The molecule has 2 aromatic carbocycles. The van der Waals surface area contributed by atoms with Crippen LogP contribution in [0, 0.1) is 0 Å². The Morgan fingerprint density at radius 1 is 1.06 bits per heavy atom. The van der Waals surface area contributed by atoms with E-state index >= 15 is 0 Å². The van der Waals surface area contributed by atoms with Crippen LogP contribution in [0.5, 0.6) is 5.75 Å². The average molecular weight is 444 g/mol. The SMILES string of the molecule is O=C(CN1C(=O)COc2ccc(S(=O)(=O)N3CCCC3)cc21)NCCc1ccccc1. The number of carbonyl (C=O) groups is 2. The van der Waals surface area contributed by atoms with Gasteiger partial charge in [-0.15, -0.1) is 0 Å². The van der Waals surface area contributed by atoms with Crippen molar-refractivity contribution in [3.05, 3.63) is 54.1 Å². The van der Waals surface area contributed by atoms with Crippen molar-refractivity contribution in [1.29, 1.82) is 0 Å². The molecule has 2 amide bonds. The average Bonchev–Trinajstić information content (AvgIpc) is 3.32. The number of hydrogen-bond donors (Lipinski definition) is 1. The number of benzene rings is 2. The van der Waals surface area contributed by atoms with E-state index in [0.29, 0.717) is 37.5 Å². The molecule has 0 bridgehead atoms. The summed E-state index contributed by atoms with van der Waals surface area (Å²) in [6, 6.07) is 14.2. The predicted octanol–water partition coefficient (Wildman–Crippen LogP) is 1.56. The Morgan fingerprint density at radius 3 is 2.55 bits per heavy atom. The van der Waals surface area contributed by atoms with E-state index in [9.17, 15) is 18.0 Å². The van der Waals surface area contributed by atoms with Crippen LogP contribution in [0.2, 0.25) is 0 Å². The molecule has 2 heterocycles. The fraction of sp³-hybridized carbons (Fsp3) is 0.364. The van der Waals surface area contributed by atoms with Gasteiger partial charge in [-0.05, 0) is 43.0 Å². The van der Waals surface area contributed by atoms with Gasteiger partial charge in [-0.1, -0.05) is 30.3 Å². The van der Waals surface area contributed by atoms with Crippen LogP contribution < -0.4 is 15.0 Å². The molecule has 8 nitrogen and oxygen atoms in total. The summed E-state index contributed by atoms with van der Waals surface area (Å²) in [6.07, 6.45) is 2.35. The number of fused-ring (bicyclic) bond motifs is 1. The highest BCUT2D eigenvalue weighted by Gasteiger charge is 2.32. The third-order valence-corrected chi connectivity index (χ3v) is 7.35. The molecule has 0 aromatic heterocycles. The molecular weight excluding hydrogens is 418 g/mol. The van der Waals surface area contributed by atoms with Crippen molar-refractivity contribution in [1.82, 2.24) is 9.62 Å². The van der Waals surface area contributed by atoms with Crippen LogP contribution >= 0.6 is 0 Å². The first-order valence-corrected chi connectivity index (χ1v) is 11.8. The van der Waals surface area contributed by atoms with Crippen LogP contribution in [-0.4, -0.2) is 57.3 Å². The van der Waals surface area contributed by atoms with E-state index in [1.54, 1.807) is 6.07 Å². The van der Waals surface area contributed by atoms with Crippen LogP contribution in [0.25, 0.3) is 0 Å². The molecule has 1 N–H and O–H groups in total. The molecule has 164 valence electrons. The maximum atomic E-state index is 12.9. The molecule has 0 spiro atoms. The molecule has 0 radical (unpaired) electrons. The van der Waals surface area contributed by atoms with Gasteiger partial charge in [0.15, 0.2) is 6.61 Å². The second-order valence-electron chi connectivity index (χ2n) is 7.59. The van der Waals surface area contributed by atoms with Crippen molar-refractivity contribution in [3.63, 3.8) is 0 Å². The third-order valence-electron chi connectivity index (χ3n) is 5.46. The van der Waals surface area contributed by atoms with Gasteiger partial charge in [0.05, 0.1) is 10.6 Å². The summed E-state index contributed by atoms with van der Waals surface area (Å²) in [4.78, 5) is 26.3. The Hall–Kier alpha value is -2.91. The minimum atomic E-state index is -3.65. The second-order valence-corrected chi connectivity index (χ2v) is 9.53. The Balaban J connectivity index is 1.47. The number of anilines is 1. The zero-order valence-electron chi connectivity index (χ0n) is 17.1. The lowest BCUT2D eigenvalue weighted by molar-refractivity contribution is -0.125. The Morgan fingerprint density at radius 2 is 1.81 bits per heavy atom. The van der Waals surface area contributed by atoms with Gasteiger partial charge >= 0.3 is 0 Å². The van der Waals surface area contributed by atoms with Gasteiger partial charge in [0.1, 0.15) is 12.3 Å². The van der Waals surface area contributed by atoms with Crippen LogP contribution in [-0.2, 0) is 26.0 Å². The Kier molecular flexibility index (Phi) is 6.24. The maximum absolute atomic E-state index is 12.9. The van der Waals surface area contributed by atoms with Crippen LogP contribution in [0.15, 0.2) is 53.4 Å². The van der Waals surface area contributed by atoms with Crippen molar-refractivity contribution >= 4 is 27.5 Å². The van der Waals surface area contributed by atoms with Crippen LogP contribution in [0.3, 0.4) is 0 Å². The van der Waals surface area contributed by atoms with Crippen molar-refractivity contribution < 1.29 is 22.7 Å². The number of rotatable bonds is 7. The summed E-state index contributed by atoms with van der Waals surface area (Å²) in [5, 5.41) is 2.82. The highest BCUT2D eigenvalue weighted by molar-refractivity contribution is 7.89. The third kappa shape index (κ3) is 4.72. The van der Waals surface area contributed by atoms with Gasteiger partial charge in [-0.3, -0.25) is 14.5 Å². The van der Waals surface area contributed by atoms with Crippen molar-refractivity contribution in [2.24, 2.45) is 0 Å². The summed E-state index contributed by atoms with van der Waals surface area (Å²) in [7, 11) is -3.65. The first-order chi connectivity index (χ1) is 14.9. The van der Waals surface area contributed by atoms with E-state index in [0.717, 1.165) is 18.4 Å². The van der Waals surface area contributed by atoms with Crippen LogP contribution in [0.4, 0.5) is 5.69 Å². The van der Waals surface area contributed by atoms with Crippen molar-refractivity contribution in [2.75, 3.05) is 37.7 Å². The number of nitrogens with one attached hydrogen (secondary N) is 1. The predicted molar refractivity (Wildman–Crippen MR) is 115 cm³/mol. The number of carbonyl (C=O) groups excluding carboxylic acids is 2. The quantitative estimate of drug-likeness (QED) is 0.701. The second kappa shape index (κ2) is 9.07. The summed E-state index contributed by atoms with van der Waals surface area (Å²) < 4.78 is 32.7. The summed E-state index contributed by atoms with van der Waals surface area (Å²) in [5.74, 6) is -0.316. The highest BCUT2D eigenvalue weighted by Crippen LogP contribution is 2.35. The van der Waals surface area contributed by atoms with Gasteiger partial charge in [0.2, 0.25) is 15.9 Å². The zero-order valence-corrected chi connectivity index (χ0v) is 17.9. The van der Waals surface area contributed by atoms with E-state index in [-0.39, 0.29) is 29.9 Å². The molecule has 9 heteroatoms. The van der Waals surface area contributed by atoms with E-state index < -0.39 is 10.0 Å². The van der Waals surface area contributed by atoms with Crippen LogP contribution in [0.1, 0.15) is 18.4 Å². The molecule has 2 aromatic rings. The summed E-state index contributed by atoms with van der Waals surface area (Å²) in [5.41, 5.74) is 1.40. The fourth-order valence-electron chi connectivity index (χ4n) is 3.78. The van der Waals surface area contributed by atoms with E-state index in [2.05, 4.69) is 5.32 Å². The number of amides is 2. The number of hydrogen-bond acceptors (Lipinski definition) is 5. The molecule has 4 rings (SSSR count). The summed E-state index contributed by atoms with van der Waals surface area (Å²) in [6.45, 7) is 1.03. The molecule has 2 aliphatic heterocycles. The minimum absolute atomic E-state index is 0.0981. The smallest absolute Gasteiger partial charge is 0.265 e. The molecule has 1 fully saturated rings. The molecule has 31 heavy (non-hydrogen) atoms. The monoisotopic (exact) mass is 443 g/mol. The number of nitrogens with zero attached hydrogens (tertiary/aromatic N) is 2. The van der Waals surface area contributed by atoms with E-state index in [1.165, 1.54) is 21.3 Å². The minimum Gasteiger partial charge on any atom is -0.482 e. The lowest BCUT2D eigenvalue weighted by Gasteiger charge is -2.29. The van der Waals surface area contributed by atoms with Gasteiger partial charge < -0.3 is 10.1 Å². The van der Waals surface area contributed by atoms with Gasteiger partial charge in [-0.25, -0.2) is 8.42 Å². The summed E-state index contributed by atoms with van der Waals surface area (Å²) >= 11 is 0. The first kappa shape index (κ1) is 21.3. The normalized spacial score (nSPS) is 16.6. The van der Waals surface area contributed by atoms with Crippen molar-refractivity contribution in [2.45, 2.75) is 24.2 Å². The van der Waals surface area contributed by atoms with E-state index in [4.69, 9.17) is 4.74 Å². The lowest BCUT2D eigenvalue weighted by atomic mass is 10.1. The maximum Gasteiger partial charge on any atom is 0.265 e. The van der Waals surface area contributed by atoms with Gasteiger partial charge in [-0.2, -0.15) is 4.31 Å². The first-order valence-electron chi connectivity index (χ1n) is 10.3. The highest BCUT2D eigenvalue weighted by atomic mass is 32.2. The topological polar surface area (TPSA) is 96.0 Å². The Bertz CT molecular complexity index is 1070. The molecule has 0 saturated carbocycles. The molecular formula is C22H25N3O5S. The molecule has 2 aliphatic rings. The molecule has 1 saturated heterocycles. The standard InChI is InChI=1S/C22H25N3O5S/c26-21(23-11-10-17-6-2-1-3-7-17)15-25-19-14-18(8-9-20(19)30-16-22(25)27)31(28,29)24-12-4-5-13-24/h1-3,6-9,14H,4-5,10-13,15-16H2,(H,23,26). The fourth-order valence-corrected chi connectivity index (χ4v) is 5.32.